The summed E-state index contributed by atoms with van der Waals surface area (Å²) in [5, 5.41) is 3.33. The van der Waals surface area contributed by atoms with E-state index in [1.807, 2.05) is 11.8 Å². The number of nitrogens with zero attached hydrogens (tertiary/aromatic N) is 1. The average Bonchev–Trinajstić information content (AvgIpc) is 2.76. The highest BCUT2D eigenvalue weighted by molar-refractivity contribution is 7.85. The van der Waals surface area contributed by atoms with Gasteiger partial charge < -0.3 is 10.2 Å². The van der Waals surface area contributed by atoms with Gasteiger partial charge in [-0.15, -0.1) is 0 Å². The number of carbonyl (C=O) groups excluding carboxylic acids is 1. The van der Waals surface area contributed by atoms with Crippen LogP contribution in [0.4, 0.5) is 4.79 Å². The van der Waals surface area contributed by atoms with Crippen molar-refractivity contribution in [2.24, 2.45) is 0 Å². The van der Waals surface area contributed by atoms with E-state index in [1.54, 1.807) is 0 Å². The minimum absolute atomic E-state index is 0.0666. The standard InChI is InChI=1S/C15H28N2O2S/c1-2-20(19)14-10-6-5-9-13(14)16-15(18)17-11-7-3-4-8-12-17/h13-14H,2-12H2,1H3,(H,16,18)/t13-,14-,20+/m0/s1. The van der Waals surface area contributed by atoms with Crippen LogP contribution >= 0.6 is 0 Å². The first kappa shape index (κ1) is 15.8. The van der Waals surface area contributed by atoms with Crippen LogP contribution in [0.1, 0.15) is 58.3 Å². The summed E-state index contributed by atoms with van der Waals surface area (Å²) in [4.78, 5) is 14.3. The van der Waals surface area contributed by atoms with Crippen LogP contribution in [0.5, 0.6) is 0 Å². The van der Waals surface area contributed by atoms with Crippen LogP contribution in [0.3, 0.4) is 0 Å². The van der Waals surface area contributed by atoms with Crippen LogP contribution in [0.2, 0.25) is 0 Å². The zero-order valence-corrected chi connectivity index (χ0v) is 13.4. The fourth-order valence-corrected chi connectivity index (χ4v) is 4.74. The van der Waals surface area contributed by atoms with E-state index in [0.717, 1.165) is 51.6 Å². The summed E-state index contributed by atoms with van der Waals surface area (Å²) in [7, 11) is -0.802. The highest BCUT2D eigenvalue weighted by Crippen LogP contribution is 2.23. The second-order valence-electron chi connectivity index (χ2n) is 5.95. The van der Waals surface area contributed by atoms with Gasteiger partial charge in [-0.3, -0.25) is 4.21 Å². The van der Waals surface area contributed by atoms with E-state index in [0.29, 0.717) is 5.75 Å². The zero-order chi connectivity index (χ0) is 14.4. The van der Waals surface area contributed by atoms with E-state index in [9.17, 15) is 9.00 Å². The van der Waals surface area contributed by atoms with Gasteiger partial charge >= 0.3 is 6.03 Å². The molecule has 0 bridgehead atoms. The van der Waals surface area contributed by atoms with Crippen LogP contribution < -0.4 is 5.32 Å². The van der Waals surface area contributed by atoms with Crippen molar-refractivity contribution >= 4 is 16.8 Å². The fraction of sp³-hybridized carbons (Fsp3) is 0.933. The minimum Gasteiger partial charge on any atom is -0.334 e. The second-order valence-corrected chi connectivity index (χ2v) is 7.89. The quantitative estimate of drug-likeness (QED) is 0.871. The van der Waals surface area contributed by atoms with Gasteiger partial charge in [-0.05, 0) is 25.7 Å². The Balaban J connectivity index is 1.91. The van der Waals surface area contributed by atoms with Gasteiger partial charge in [0, 0.05) is 35.7 Å². The largest absolute Gasteiger partial charge is 0.334 e. The first-order valence-electron chi connectivity index (χ1n) is 8.15. The van der Waals surface area contributed by atoms with Crippen molar-refractivity contribution in [2.75, 3.05) is 18.8 Å². The Bertz CT molecular complexity index is 341. The van der Waals surface area contributed by atoms with Crippen LogP contribution in [0, 0.1) is 0 Å². The summed E-state index contributed by atoms with van der Waals surface area (Å²) in [6, 6.07) is 0.178. The predicted molar refractivity (Wildman–Crippen MR) is 83.3 cm³/mol. The van der Waals surface area contributed by atoms with Crippen molar-refractivity contribution in [1.29, 1.82) is 0 Å². The van der Waals surface area contributed by atoms with Crippen molar-refractivity contribution in [3.05, 3.63) is 0 Å². The lowest BCUT2D eigenvalue weighted by molar-refractivity contribution is 0.192. The number of carbonyl (C=O) groups is 1. The molecule has 1 aliphatic carbocycles. The molecule has 2 rings (SSSR count). The molecule has 0 spiro atoms. The van der Waals surface area contributed by atoms with Gasteiger partial charge in [0.05, 0.1) is 5.25 Å². The predicted octanol–water partition coefficient (Wildman–Crippen LogP) is 2.65. The Labute approximate surface area is 125 Å². The number of urea groups is 1. The molecule has 2 fully saturated rings. The zero-order valence-electron chi connectivity index (χ0n) is 12.6. The van der Waals surface area contributed by atoms with E-state index < -0.39 is 10.8 Å². The number of amides is 2. The van der Waals surface area contributed by atoms with Crippen molar-refractivity contribution < 1.29 is 9.00 Å². The van der Waals surface area contributed by atoms with Crippen LogP contribution in [0.15, 0.2) is 0 Å². The molecule has 116 valence electrons. The molecule has 0 aromatic carbocycles. The molecule has 5 heteroatoms. The second kappa shape index (κ2) is 8.01. The van der Waals surface area contributed by atoms with Gasteiger partial charge in [-0.25, -0.2) is 4.79 Å². The number of hydrogen-bond acceptors (Lipinski definition) is 2. The Morgan fingerprint density at radius 2 is 1.75 bits per heavy atom. The Morgan fingerprint density at radius 1 is 1.10 bits per heavy atom. The van der Waals surface area contributed by atoms with E-state index in [-0.39, 0.29) is 17.3 Å². The van der Waals surface area contributed by atoms with Gasteiger partial charge in [0.15, 0.2) is 0 Å². The van der Waals surface area contributed by atoms with Crippen molar-refractivity contribution in [1.82, 2.24) is 10.2 Å². The third kappa shape index (κ3) is 4.21. The molecule has 0 radical (unpaired) electrons. The van der Waals surface area contributed by atoms with E-state index >= 15 is 0 Å². The lowest BCUT2D eigenvalue weighted by Gasteiger charge is -2.33. The maximum Gasteiger partial charge on any atom is 0.317 e. The van der Waals surface area contributed by atoms with Crippen molar-refractivity contribution in [3.8, 4) is 0 Å². The molecular weight excluding hydrogens is 272 g/mol. The highest BCUT2D eigenvalue weighted by Gasteiger charge is 2.31. The summed E-state index contributed by atoms with van der Waals surface area (Å²) in [6.07, 6.45) is 8.95. The molecule has 2 amide bonds. The van der Waals surface area contributed by atoms with Crippen molar-refractivity contribution in [2.45, 2.75) is 69.6 Å². The van der Waals surface area contributed by atoms with E-state index in [1.165, 1.54) is 12.8 Å². The Hall–Kier alpha value is -0.580. The summed E-state index contributed by atoms with van der Waals surface area (Å²) >= 11 is 0. The molecule has 20 heavy (non-hydrogen) atoms. The number of nitrogens with one attached hydrogen (secondary N) is 1. The number of rotatable bonds is 3. The van der Waals surface area contributed by atoms with Crippen LogP contribution in [-0.2, 0) is 10.8 Å². The summed E-state index contributed by atoms with van der Waals surface area (Å²) in [5.41, 5.74) is 0. The van der Waals surface area contributed by atoms with Gasteiger partial charge in [0.2, 0.25) is 0 Å². The smallest absolute Gasteiger partial charge is 0.317 e. The monoisotopic (exact) mass is 300 g/mol. The Kier molecular flexibility index (Phi) is 6.33. The van der Waals surface area contributed by atoms with Crippen LogP contribution in [0.25, 0.3) is 0 Å². The van der Waals surface area contributed by atoms with Crippen LogP contribution in [-0.4, -0.2) is 45.3 Å². The average molecular weight is 300 g/mol. The maximum absolute atomic E-state index is 12.4. The van der Waals surface area contributed by atoms with Gasteiger partial charge in [-0.1, -0.05) is 32.6 Å². The van der Waals surface area contributed by atoms with Crippen molar-refractivity contribution in [3.63, 3.8) is 0 Å². The first-order valence-corrected chi connectivity index (χ1v) is 9.53. The normalized spacial score (nSPS) is 29.6. The molecule has 3 atom stereocenters. The molecule has 1 saturated heterocycles. The molecular formula is C15H28N2O2S. The summed E-state index contributed by atoms with van der Waals surface area (Å²) in [6.45, 7) is 3.72. The maximum atomic E-state index is 12.4. The van der Waals surface area contributed by atoms with Gasteiger partial charge in [0.25, 0.3) is 0 Å². The minimum atomic E-state index is -0.802. The summed E-state index contributed by atoms with van der Waals surface area (Å²) in [5.74, 6) is 0.695. The Morgan fingerprint density at radius 3 is 2.40 bits per heavy atom. The SMILES string of the molecule is CC[S@@](=O)[C@H]1CCCC[C@@H]1NC(=O)N1CCCCCC1. The number of likely N-dealkylation sites (tertiary alicyclic amines) is 1. The van der Waals surface area contributed by atoms with E-state index in [2.05, 4.69) is 5.32 Å². The molecule has 2 aliphatic rings. The number of hydrogen-bond donors (Lipinski definition) is 1. The fourth-order valence-electron chi connectivity index (χ4n) is 3.31. The van der Waals surface area contributed by atoms with Gasteiger partial charge in [-0.2, -0.15) is 0 Å². The highest BCUT2D eigenvalue weighted by atomic mass is 32.2. The molecule has 0 unspecified atom stereocenters. The third-order valence-electron chi connectivity index (χ3n) is 4.53. The topological polar surface area (TPSA) is 49.4 Å². The molecule has 4 nitrogen and oxygen atoms in total. The lowest BCUT2D eigenvalue weighted by Crippen LogP contribution is -2.51. The van der Waals surface area contributed by atoms with E-state index in [4.69, 9.17) is 0 Å². The first-order chi connectivity index (χ1) is 9.72. The summed E-state index contributed by atoms with van der Waals surface area (Å²) < 4.78 is 12.1. The molecule has 1 aliphatic heterocycles. The molecule has 0 aromatic heterocycles. The van der Waals surface area contributed by atoms with Gasteiger partial charge in [0.1, 0.15) is 0 Å². The lowest BCUT2D eigenvalue weighted by atomic mass is 9.95. The third-order valence-corrected chi connectivity index (χ3v) is 6.34. The molecule has 1 N–H and O–H groups in total. The molecule has 1 heterocycles. The molecule has 0 aromatic rings. The molecule has 1 saturated carbocycles.